The minimum absolute atomic E-state index is 0.589. The predicted molar refractivity (Wildman–Crippen MR) is 115 cm³/mol. The minimum Gasteiger partial charge on any atom is -0.296 e. The van der Waals surface area contributed by atoms with E-state index >= 15 is 0 Å². The fourth-order valence-electron chi connectivity index (χ4n) is 5.16. The molecule has 2 aromatic rings. The van der Waals surface area contributed by atoms with Crippen molar-refractivity contribution in [2.75, 3.05) is 13.1 Å². The number of halogens is 1. The van der Waals surface area contributed by atoms with Crippen molar-refractivity contribution in [3.05, 3.63) is 70.7 Å². The zero-order chi connectivity index (χ0) is 18.6. The summed E-state index contributed by atoms with van der Waals surface area (Å²) >= 11 is 6.15. The van der Waals surface area contributed by atoms with E-state index in [1.807, 2.05) is 0 Å². The van der Waals surface area contributed by atoms with Crippen LogP contribution in [0.1, 0.15) is 68.5 Å². The Hall–Kier alpha value is -1.31. The van der Waals surface area contributed by atoms with Crippen LogP contribution in [-0.4, -0.2) is 18.0 Å². The van der Waals surface area contributed by atoms with Gasteiger partial charge in [0.2, 0.25) is 0 Å². The molecule has 27 heavy (non-hydrogen) atoms. The highest BCUT2D eigenvalue weighted by molar-refractivity contribution is 6.30. The van der Waals surface area contributed by atoms with Gasteiger partial charge in [-0.25, -0.2) is 0 Å². The summed E-state index contributed by atoms with van der Waals surface area (Å²) in [6.45, 7) is 4.90. The molecule has 1 aliphatic carbocycles. The van der Waals surface area contributed by atoms with Crippen molar-refractivity contribution in [3.8, 4) is 0 Å². The van der Waals surface area contributed by atoms with Gasteiger partial charge in [0.05, 0.1) is 0 Å². The summed E-state index contributed by atoms with van der Waals surface area (Å²) in [6, 6.07) is 20.3. The molecule has 1 nitrogen and oxygen atoms in total. The van der Waals surface area contributed by atoms with Crippen LogP contribution in [0.4, 0.5) is 0 Å². The van der Waals surface area contributed by atoms with Crippen molar-refractivity contribution in [2.45, 2.75) is 57.4 Å². The van der Waals surface area contributed by atoms with E-state index in [0.29, 0.717) is 12.0 Å². The van der Waals surface area contributed by atoms with Gasteiger partial charge in [-0.1, -0.05) is 67.4 Å². The molecule has 144 valence electrons. The summed E-state index contributed by atoms with van der Waals surface area (Å²) in [5.74, 6) is 2.29. The molecule has 1 saturated heterocycles. The molecule has 0 radical (unpaired) electrons. The molecule has 2 aliphatic rings. The smallest absolute Gasteiger partial charge is 0.0406 e. The van der Waals surface area contributed by atoms with E-state index in [-0.39, 0.29) is 0 Å². The van der Waals surface area contributed by atoms with Crippen molar-refractivity contribution < 1.29 is 0 Å². The second-order valence-corrected chi connectivity index (χ2v) is 9.17. The van der Waals surface area contributed by atoms with Crippen molar-refractivity contribution >= 4 is 11.6 Å². The van der Waals surface area contributed by atoms with Crippen LogP contribution in [0.25, 0.3) is 0 Å². The van der Waals surface area contributed by atoms with Gasteiger partial charge in [0.25, 0.3) is 0 Å². The summed E-state index contributed by atoms with van der Waals surface area (Å²) in [6.07, 6.45) is 8.19. The van der Waals surface area contributed by atoms with Crippen molar-refractivity contribution in [3.63, 3.8) is 0 Å². The quantitative estimate of drug-likeness (QED) is 0.516. The summed E-state index contributed by atoms with van der Waals surface area (Å²) in [5, 5.41) is 0.847. The molecular formula is C25H32ClN. The standard InChI is InChI=1S/C25H32ClN/c1-19(21-8-3-2-4-9-21)17-20-7-6-16-27(18-20)25(22-10-5-11-22)23-12-14-24(26)15-13-23/h2-4,8-9,12-15,19-20,22,25H,5-7,10-11,16-18H2,1H3/t19?,20?,25-/m0/s1. The normalized spacial score (nSPS) is 23.6. The molecule has 0 spiro atoms. The molecular weight excluding hydrogens is 350 g/mol. The SMILES string of the molecule is CC(CC1CCCN([C@H](c2ccc(Cl)cc2)C2CCC2)C1)c1ccccc1. The Morgan fingerprint density at radius 2 is 1.67 bits per heavy atom. The van der Waals surface area contributed by atoms with E-state index in [9.17, 15) is 0 Å². The first-order chi connectivity index (χ1) is 13.2. The lowest BCUT2D eigenvalue weighted by Crippen LogP contribution is -2.42. The Bertz CT molecular complexity index is 707. The third-order valence-corrected chi connectivity index (χ3v) is 7.06. The molecule has 1 heterocycles. The van der Waals surface area contributed by atoms with E-state index in [1.54, 1.807) is 0 Å². The van der Waals surface area contributed by atoms with Gasteiger partial charge in [-0.2, -0.15) is 0 Å². The van der Waals surface area contributed by atoms with Gasteiger partial charge in [-0.05, 0) is 79.7 Å². The first-order valence-electron chi connectivity index (χ1n) is 10.7. The first-order valence-corrected chi connectivity index (χ1v) is 11.1. The van der Waals surface area contributed by atoms with Crippen molar-refractivity contribution in [1.29, 1.82) is 0 Å². The number of benzene rings is 2. The fraction of sp³-hybridized carbons (Fsp3) is 0.520. The molecule has 2 unspecified atom stereocenters. The van der Waals surface area contributed by atoms with E-state index in [2.05, 4.69) is 66.4 Å². The predicted octanol–water partition coefficient (Wildman–Crippen LogP) is 7.09. The fourth-order valence-corrected chi connectivity index (χ4v) is 5.28. The molecule has 0 aromatic heterocycles. The Balaban J connectivity index is 1.46. The zero-order valence-corrected chi connectivity index (χ0v) is 17.2. The number of likely N-dealkylation sites (tertiary alicyclic amines) is 1. The van der Waals surface area contributed by atoms with Crippen LogP contribution in [-0.2, 0) is 0 Å². The maximum atomic E-state index is 6.15. The van der Waals surface area contributed by atoms with Gasteiger partial charge in [0, 0.05) is 17.6 Å². The molecule has 4 rings (SSSR count). The average molecular weight is 382 g/mol. The highest BCUT2D eigenvalue weighted by atomic mass is 35.5. The number of hydrogen-bond acceptors (Lipinski definition) is 1. The topological polar surface area (TPSA) is 3.24 Å². The Morgan fingerprint density at radius 3 is 2.33 bits per heavy atom. The number of piperidine rings is 1. The lowest BCUT2D eigenvalue weighted by Gasteiger charge is -2.45. The van der Waals surface area contributed by atoms with Gasteiger partial charge < -0.3 is 0 Å². The second kappa shape index (κ2) is 8.80. The van der Waals surface area contributed by atoms with Crippen LogP contribution in [0.3, 0.4) is 0 Å². The third kappa shape index (κ3) is 4.58. The Kier molecular flexibility index (Phi) is 6.20. The average Bonchev–Trinajstić information content (AvgIpc) is 2.66. The summed E-state index contributed by atoms with van der Waals surface area (Å²) in [7, 11) is 0. The van der Waals surface area contributed by atoms with Gasteiger partial charge in [0.15, 0.2) is 0 Å². The molecule has 1 aliphatic heterocycles. The summed E-state index contributed by atoms with van der Waals surface area (Å²) in [5.41, 5.74) is 2.96. The lowest BCUT2D eigenvalue weighted by molar-refractivity contribution is 0.0528. The van der Waals surface area contributed by atoms with Crippen LogP contribution in [0, 0.1) is 11.8 Å². The molecule has 2 aromatic carbocycles. The van der Waals surface area contributed by atoms with Crippen LogP contribution >= 0.6 is 11.6 Å². The van der Waals surface area contributed by atoms with Gasteiger partial charge in [-0.3, -0.25) is 4.90 Å². The molecule has 2 fully saturated rings. The molecule has 0 N–H and O–H groups in total. The van der Waals surface area contributed by atoms with Gasteiger partial charge >= 0.3 is 0 Å². The van der Waals surface area contributed by atoms with Crippen molar-refractivity contribution in [1.82, 2.24) is 4.90 Å². The molecule has 1 saturated carbocycles. The molecule has 0 bridgehead atoms. The minimum atomic E-state index is 0.589. The van der Waals surface area contributed by atoms with Gasteiger partial charge in [-0.15, -0.1) is 0 Å². The van der Waals surface area contributed by atoms with Crippen LogP contribution in [0.15, 0.2) is 54.6 Å². The highest BCUT2D eigenvalue weighted by Crippen LogP contribution is 2.43. The van der Waals surface area contributed by atoms with Crippen LogP contribution in [0.5, 0.6) is 0 Å². The largest absolute Gasteiger partial charge is 0.296 e. The number of hydrogen-bond donors (Lipinski definition) is 0. The number of nitrogens with zero attached hydrogens (tertiary/aromatic N) is 1. The Labute approximate surface area is 169 Å². The zero-order valence-electron chi connectivity index (χ0n) is 16.5. The molecule has 3 atom stereocenters. The van der Waals surface area contributed by atoms with E-state index in [0.717, 1.165) is 16.9 Å². The molecule has 0 amide bonds. The summed E-state index contributed by atoms with van der Waals surface area (Å²) < 4.78 is 0. The summed E-state index contributed by atoms with van der Waals surface area (Å²) in [4.78, 5) is 2.80. The van der Waals surface area contributed by atoms with E-state index in [4.69, 9.17) is 11.6 Å². The van der Waals surface area contributed by atoms with Crippen molar-refractivity contribution in [2.24, 2.45) is 11.8 Å². The third-order valence-electron chi connectivity index (χ3n) is 6.81. The second-order valence-electron chi connectivity index (χ2n) is 8.74. The lowest BCUT2D eigenvalue weighted by atomic mass is 9.75. The van der Waals surface area contributed by atoms with Gasteiger partial charge in [0.1, 0.15) is 0 Å². The molecule has 2 heteroatoms. The maximum Gasteiger partial charge on any atom is 0.0406 e. The monoisotopic (exact) mass is 381 g/mol. The number of rotatable bonds is 6. The van der Waals surface area contributed by atoms with Crippen LogP contribution < -0.4 is 0 Å². The van der Waals surface area contributed by atoms with E-state index in [1.165, 1.54) is 62.7 Å². The first kappa shape index (κ1) is 19.0. The van der Waals surface area contributed by atoms with E-state index < -0.39 is 0 Å². The Morgan fingerprint density at radius 1 is 0.926 bits per heavy atom. The van der Waals surface area contributed by atoms with Crippen LogP contribution in [0.2, 0.25) is 5.02 Å². The highest BCUT2D eigenvalue weighted by Gasteiger charge is 2.35. The maximum absolute atomic E-state index is 6.15.